The van der Waals surface area contributed by atoms with Gasteiger partial charge in [0.25, 0.3) is 5.91 Å². The Labute approximate surface area is 164 Å². The van der Waals surface area contributed by atoms with Gasteiger partial charge in [-0.2, -0.15) is 5.10 Å². The van der Waals surface area contributed by atoms with Gasteiger partial charge in [-0.3, -0.25) is 14.3 Å². The fourth-order valence-electron chi connectivity index (χ4n) is 3.50. The van der Waals surface area contributed by atoms with Crippen molar-refractivity contribution in [3.8, 4) is 0 Å². The number of benzene rings is 1. The van der Waals surface area contributed by atoms with E-state index in [4.69, 9.17) is 11.6 Å². The quantitative estimate of drug-likeness (QED) is 0.855. The molecule has 1 aliphatic rings. The van der Waals surface area contributed by atoms with Gasteiger partial charge in [-0.05, 0) is 43.4 Å². The van der Waals surface area contributed by atoms with Crippen molar-refractivity contribution < 1.29 is 9.59 Å². The van der Waals surface area contributed by atoms with Crippen molar-refractivity contribution >= 4 is 23.4 Å². The zero-order valence-corrected chi connectivity index (χ0v) is 16.7. The average molecular weight is 389 g/mol. The molecule has 1 aliphatic heterocycles. The molecular formula is C20H25ClN4O2. The lowest BCUT2D eigenvalue weighted by Crippen LogP contribution is -2.34. The summed E-state index contributed by atoms with van der Waals surface area (Å²) in [7, 11) is 1.80. The van der Waals surface area contributed by atoms with Crippen LogP contribution in [0.15, 0.2) is 30.5 Å². The SMILES string of the molecule is CC(=O)NC[C@@H]1CCn2ncc(C(=O)N(C)[C@H](C)c3cccc(Cl)c3)c2C1. The van der Waals surface area contributed by atoms with Crippen molar-refractivity contribution in [3.05, 3.63) is 52.3 Å². The summed E-state index contributed by atoms with van der Waals surface area (Å²) >= 11 is 6.09. The minimum atomic E-state index is -0.106. The summed E-state index contributed by atoms with van der Waals surface area (Å²) in [4.78, 5) is 26.0. The molecule has 2 amide bonds. The molecule has 0 radical (unpaired) electrons. The van der Waals surface area contributed by atoms with Crippen LogP contribution in [0.4, 0.5) is 0 Å². The van der Waals surface area contributed by atoms with Gasteiger partial charge in [0.05, 0.1) is 23.5 Å². The van der Waals surface area contributed by atoms with Gasteiger partial charge in [0.1, 0.15) is 0 Å². The third kappa shape index (κ3) is 4.33. The minimum absolute atomic E-state index is 0.0274. The Morgan fingerprint density at radius 2 is 2.22 bits per heavy atom. The van der Waals surface area contributed by atoms with Crippen LogP contribution in [-0.4, -0.2) is 40.1 Å². The van der Waals surface area contributed by atoms with Crippen molar-refractivity contribution in [3.63, 3.8) is 0 Å². The fourth-order valence-corrected chi connectivity index (χ4v) is 3.69. The molecule has 3 rings (SSSR count). The molecule has 2 aromatic rings. The van der Waals surface area contributed by atoms with Crippen LogP contribution in [0.2, 0.25) is 5.02 Å². The highest BCUT2D eigenvalue weighted by molar-refractivity contribution is 6.30. The number of carbonyl (C=O) groups excluding carboxylic acids is 2. The molecule has 0 spiro atoms. The molecule has 0 saturated heterocycles. The third-order valence-electron chi connectivity index (χ3n) is 5.28. The Kier molecular flexibility index (Phi) is 5.85. The van der Waals surface area contributed by atoms with E-state index in [1.54, 1.807) is 18.1 Å². The van der Waals surface area contributed by atoms with Gasteiger partial charge in [0.2, 0.25) is 5.91 Å². The molecule has 0 aliphatic carbocycles. The number of amides is 2. The number of carbonyl (C=O) groups is 2. The zero-order chi connectivity index (χ0) is 19.6. The number of hydrogen-bond donors (Lipinski definition) is 1. The molecule has 2 heterocycles. The Bertz CT molecular complexity index is 848. The number of fused-ring (bicyclic) bond motifs is 1. The smallest absolute Gasteiger partial charge is 0.257 e. The lowest BCUT2D eigenvalue weighted by atomic mass is 9.94. The maximum absolute atomic E-state index is 13.1. The standard InChI is InChI=1S/C20H25ClN4O2/c1-13(16-5-4-6-17(21)10-16)24(3)20(27)18-12-23-25-8-7-15(9-19(18)25)11-22-14(2)26/h4-6,10,12-13,15H,7-9,11H2,1-3H3,(H,22,26)/t13-,15-/m1/s1. The van der Waals surface area contributed by atoms with Crippen LogP contribution in [0.1, 0.15) is 47.9 Å². The molecule has 0 unspecified atom stereocenters. The largest absolute Gasteiger partial charge is 0.356 e. The number of rotatable bonds is 5. The second-order valence-corrected chi connectivity index (χ2v) is 7.61. The van der Waals surface area contributed by atoms with Gasteiger partial charge in [-0.25, -0.2) is 0 Å². The van der Waals surface area contributed by atoms with Gasteiger partial charge in [-0.15, -0.1) is 0 Å². The Morgan fingerprint density at radius 1 is 1.44 bits per heavy atom. The molecule has 1 aromatic carbocycles. The molecule has 6 nitrogen and oxygen atoms in total. The van der Waals surface area contributed by atoms with E-state index in [1.165, 1.54) is 6.92 Å². The number of aromatic nitrogens is 2. The van der Waals surface area contributed by atoms with Crippen LogP contribution < -0.4 is 5.32 Å². The molecule has 0 saturated carbocycles. The summed E-state index contributed by atoms with van der Waals surface area (Å²) in [6, 6.07) is 7.46. The monoisotopic (exact) mass is 388 g/mol. The van der Waals surface area contributed by atoms with Gasteiger partial charge in [0.15, 0.2) is 0 Å². The maximum atomic E-state index is 13.1. The van der Waals surface area contributed by atoms with E-state index in [0.29, 0.717) is 23.0 Å². The molecule has 0 bridgehead atoms. The molecule has 1 aromatic heterocycles. The first-order valence-corrected chi connectivity index (χ1v) is 9.56. The van der Waals surface area contributed by atoms with Crippen LogP contribution in [0.3, 0.4) is 0 Å². The maximum Gasteiger partial charge on any atom is 0.257 e. The molecule has 27 heavy (non-hydrogen) atoms. The van der Waals surface area contributed by atoms with Crippen LogP contribution in [0.5, 0.6) is 0 Å². The first kappa shape index (κ1) is 19.4. The average Bonchev–Trinajstić information content (AvgIpc) is 3.07. The highest BCUT2D eigenvalue weighted by Crippen LogP contribution is 2.27. The topological polar surface area (TPSA) is 67.2 Å². The Morgan fingerprint density at radius 3 is 2.93 bits per heavy atom. The molecule has 144 valence electrons. The highest BCUT2D eigenvalue weighted by atomic mass is 35.5. The van der Waals surface area contributed by atoms with Gasteiger partial charge >= 0.3 is 0 Å². The van der Waals surface area contributed by atoms with Crippen molar-refractivity contribution in [2.45, 2.75) is 39.3 Å². The highest BCUT2D eigenvalue weighted by Gasteiger charge is 2.28. The van der Waals surface area contributed by atoms with Crippen LogP contribution in [0.25, 0.3) is 0 Å². The van der Waals surface area contributed by atoms with Gasteiger partial charge < -0.3 is 10.2 Å². The van der Waals surface area contributed by atoms with Crippen LogP contribution in [-0.2, 0) is 17.8 Å². The second-order valence-electron chi connectivity index (χ2n) is 7.17. The molecule has 2 atom stereocenters. The normalized spacial score (nSPS) is 17.1. The molecule has 1 N–H and O–H groups in total. The van der Waals surface area contributed by atoms with E-state index < -0.39 is 0 Å². The van der Waals surface area contributed by atoms with E-state index in [2.05, 4.69) is 10.4 Å². The molecule has 0 fully saturated rings. The Balaban J connectivity index is 1.76. The summed E-state index contributed by atoms with van der Waals surface area (Å²) in [5, 5.41) is 7.93. The van der Waals surface area contributed by atoms with E-state index >= 15 is 0 Å². The predicted molar refractivity (Wildman–Crippen MR) is 105 cm³/mol. The number of aryl methyl sites for hydroxylation is 1. The summed E-state index contributed by atoms with van der Waals surface area (Å²) in [6.45, 7) is 4.90. The Hall–Kier alpha value is -2.34. The van der Waals surface area contributed by atoms with E-state index in [9.17, 15) is 9.59 Å². The van der Waals surface area contributed by atoms with E-state index in [0.717, 1.165) is 30.6 Å². The number of hydrogen-bond acceptors (Lipinski definition) is 3. The molecule has 7 heteroatoms. The number of halogens is 1. The summed E-state index contributed by atoms with van der Waals surface area (Å²) in [5.41, 5.74) is 2.58. The third-order valence-corrected chi connectivity index (χ3v) is 5.52. The lowest BCUT2D eigenvalue weighted by Gasteiger charge is -2.27. The lowest BCUT2D eigenvalue weighted by molar-refractivity contribution is -0.119. The van der Waals surface area contributed by atoms with E-state index in [1.807, 2.05) is 35.9 Å². The second kappa shape index (κ2) is 8.13. The van der Waals surface area contributed by atoms with E-state index in [-0.39, 0.29) is 17.9 Å². The van der Waals surface area contributed by atoms with Crippen molar-refractivity contribution in [1.29, 1.82) is 0 Å². The first-order valence-electron chi connectivity index (χ1n) is 9.18. The molecular weight excluding hydrogens is 364 g/mol. The summed E-state index contributed by atoms with van der Waals surface area (Å²) < 4.78 is 1.91. The van der Waals surface area contributed by atoms with Crippen molar-refractivity contribution in [2.75, 3.05) is 13.6 Å². The van der Waals surface area contributed by atoms with Gasteiger partial charge in [0, 0.05) is 32.1 Å². The van der Waals surface area contributed by atoms with Crippen LogP contribution in [0, 0.1) is 5.92 Å². The number of nitrogens with zero attached hydrogens (tertiary/aromatic N) is 3. The first-order chi connectivity index (χ1) is 12.9. The summed E-state index contributed by atoms with van der Waals surface area (Å²) in [5.74, 6) is 0.240. The van der Waals surface area contributed by atoms with Crippen molar-refractivity contribution in [1.82, 2.24) is 20.0 Å². The fraction of sp³-hybridized carbons (Fsp3) is 0.450. The van der Waals surface area contributed by atoms with Crippen molar-refractivity contribution in [2.24, 2.45) is 5.92 Å². The van der Waals surface area contributed by atoms with Gasteiger partial charge in [-0.1, -0.05) is 23.7 Å². The zero-order valence-electron chi connectivity index (χ0n) is 15.9. The minimum Gasteiger partial charge on any atom is -0.356 e. The number of nitrogens with one attached hydrogen (secondary N) is 1. The van der Waals surface area contributed by atoms with Crippen LogP contribution >= 0.6 is 11.6 Å². The predicted octanol–water partition coefficient (Wildman–Crippen LogP) is 3.07. The summed E-state index contributed by atoms with van der Waals surface area (Å²) in [6.07, 6.45) is 3.34.